The summed E-state index contributed by atoms with van der Waals surface area (Å²) in [5.74, 6) is 9.04. The number of ether oxygens (including phenoxy) is 1. The summed E-state index contributed by atoms with van der Waals surface area (Å²) in [5.41, 5.74) is 7.60. The molecule has 128 valence electrons. The first-order valence-electron chi connectivity index (χ1n) is 8.41. The quantitative estimate of drug-likeness (QED) is 0.437. The van der Waals surface area contributed by atoms with Crippen molar-refractivity contribution in [3.05, 3.63) is 47.0 Å². The molecule has 0 saturated heterocycles. The topological polar surface area (TPSA) is 26.3 Å². The first kappa shape index (κ1) is 18.8. The summed E-state index contributed by atoms with van der Waals surface area (Å²) >= 11 is 0. The van der Waals surface area contributed by atoms with Crippen molar-refractivity contribution in [2.75, 3.05) is 7.11 Å². The Bertz CT molecular complexity index is 880. The van der Waals surface area contributed by atoms with Gasteiger partial charge in [-0.05, 0) is 46.6 Å². The molecule has 0 aliphatic heterocycles. The van der Waals surface area contributed by atoms with Gasteiger partial charge < -0.3 is 4.74 Å². The molecule has 0 saturated carbocycles. The summed E-state index contributed by atoms with van der Waals surface area (Å²) in [6, 6.07) is 9.96. The molecule has 2 nitrogen and oxygen atoms in total. The van der Waals surface area contributed by atoms with E-state index in [2.05, 4.69) is 68.9 Å². The van der Waals surface area contributed by atoms with E-state index in [1.165, 1.54) is 12.7 Å². The maximum Gasteiger partial charge on any atom is 0.338 e. The molecule has 0 N–H and O–H groups in total. The fourth-order valence-electron chi connectivity index (χ4n) is 2.45. The normalized spacial score (nSPS) is 10.7. The molecule has 2 rings (SSSR count). The van der Waals surface area contributed by atoms with Gasteiger partial charge in [-0.1, -0.05) is 57.6 Å². The Labute approximate surface area is 152 Å². The van der Waals surface area contributed by atoms with Gasteiger partial charge in [-0.3, -0.25) is 0 Å². The second-order valence-electron chi connectivity index (χ2n) is 7.37. The van der Waals surface area contributed by atoms with Gasteiger partial charge in [-0.15, -0.1) is 5.54 Å². The number of carbonyl (C=O) groups is 1. The Morgan fingerprint density at radius 1 is 1.08 bits per heavy atom. The average molecular weight is 349 g/mol. The number of hydrogen-bond acceptors (Lipinski definition) is 2. The Morgan fingerprint density at radius 2 is 1.80 bits per heavy atom. The van der Waals surface area contributed by atoms with E-state index < -0.39 is 8.07 Å². The third kappa shape index (κ3) is 4.75. The van der Waals surface area contributed by atoms with Crippen LogP contribution in [0.15, 0.2) is 30.3 Å². The lowest BCUT2D eigenvalue weighted by Crippen LogP contribution is -2.16. The minimum atomic E-state index is -1.44. The second-order valence-corrected chi connectivity index (χ2v) is 12.1. The summed E-state index contributed by atoms with van der Waals surface area (Å²) in [6.07, 6.45) is 0. The van der Waals surface area contributed by atoms with Crippen LogP contribution in [0.3, 0.4) is 0 Å². The number of rotatable bonds is 2. The first-order valence-corrected chi connectivity index (χ1v) is 11.9. The van der Waals surface area contributed by atoms with Crippen LogP contribution < -0.4 is 0 Å². The number of fused-ring (bicyclic) bond motifs is 1. The molecule has 3 heteroatoms. The van der Waals surface area contributed by atoms with E-state index in [-0.39, 0.29) is 5.97 Å². The highest BCUT2D eigenvalue weighted by atomic mass is 28.3. The summed E-state index contributed by atoms with van der Waals surface area (Å²) in [4.78, 5) is 12.2. The first-order chi connectivity index (χ1) is 11.7. The third-order valence-electron chi connectivity index (χ3n) is 3.79. The molecule has 0 aromatic carbocycles. The zero-order valence-corrected chi connectivity index (χ0v) is 16.8. The highest BCUT2D eigenvalue weighted by Gasteiger charge is 2.20. The van der Waals surface area contributed by atoms with Crippen LogP contribution in [0.4, 0.5) is 0 Å². The van der Waals surface area contributed by atoms with Crippen molar-refractivity contribution in [2.24, 2.45) is 0 Å². The molecular formula is C22H24O2Si. The second kappa shape index (κ2) is 7.60. The summed E-state index contributed by atoms with van der Waals surface area (Å²) in [6.45, 7) is 10.8. The fourth-order valence-corrected chi connectivity index (χ4v) is 2.89. The summed E-state index contributed by atoms with van der Waals surface area (Å²) in [5, 5.41) is 0. The maximum atomic E-state index is 12.2. The lowest BCUT2D eigenvalue weighted by molar-refractivity contribution is 0.0602. The third-order valence-corrected chi connectivity index (χ3v) is 4.67. The van der Waals surface area contributed by atoms with Crippen LogP contribution in [0.5, 0.6) is 0 Å². The lowest BCUT2D eigenvalue weighted by atomic mass is 10.0. The fraction of sp³-hybridized carbons (Fsp3) is 0.318. The van der Waals surface area contributed by atoms with Gasteiger partial charge in [0.1, 0.15) is 8.07 Å². The molecule has 0 unspecified atom stereocenters. The molecule has 0 atom stereocenters. The Kier molecular flexibility index (Phi) is 5.72. The van der Waals surface area contributed by atoms with Gasteiger partial charge in [0, 0.05) is 5.56 Å². The van der Waals surface area contributed by atoms with Gasteiger partial charge in [0.05, 0.1) is 12.7 Å². The predicted molar refractivity (Wildman–Crippen MR) is 106 cm³/mol. The highest BCUT2D eigenvalue weighted by Crippen LogP contribution is 2.34. The number of esters is 1. The van der Waals surface area contributed by atoms with Crippen LogP contribution in [0, 0.1) is 23.3 Å². The summed E-state index contributed by atoms with van der Waals surface area (Å²) < 4.78 is 4.95. The minimum Gasteiger partial charge on any atom is -0.465 e. The molecule has 2 aliphatic rings. The van der Waals surface area contributed by atoms with Crippen LogP contribution in [0.25, 0.3) is 11.1 Å². The molecule has 0 fully saturated rings. The molecule has 0 bridgehead atoms. The van der Waals surface area contributed by atoms with E-state index in [4.69, 9.17) is 4.74 Å². The number of hydrogen-bond donors (Lipinski definition) is 0. The molecule has 2 aliphatic carbocycles. The Morgan fingerprint density at radius 3 is 2.40 bits per heavy atom. The molecule has 0 heterocycles. The van der Waals surface area contributed by atoms with Crippen LogP contribution in [-0.2, 0) is 4.74 Å². The zero-order chi connectivity index (χ0) is 18.6. The van der Waals surface area contributed by atoms with Crippen molar-refractivity contribution in [1.29, 1.82) is 0 Å². The van der Waals surface area contributed by atoms with Gasteiger partial charge in [0.15, 0.2) is 0 Å². The Balaban J connectivity index is 2.59. The standard InChI is InChI=1S/C22H24O2Si/c1-16(2)17-11-9-12-19-18(10-7-8-13-25(4,5)6)15-21(20(19)14-17)22(23)24-3/h9,11-12,14-16H,1-6H3. The van der Waals surface area contributed by atoms with Crippen LogP contribution in [0.2, 0.25) is 19.6 Å². The van der Waals surface area contributed by atoms with Gasteiger partial charge >= 0.3 is 5.97 Å². The van der Waals surface area contributed by atoms with Gasteiger partial charge in [0.2, 0.25) is 0 Å². The highest BCUT2D eigenvalue weighted by molar-refractivity contribution is 6.83. The zero-order valence-electron chi connectivity index (χ0n) is 15.8. The number of carbonyl (C=O) groups excluding carboxylic acids is 1. The van der Waals surface area contributed by atoms with Crippen molar-refractivity contribution in [3.63, 3.8) is 0 Å². The molecule has 0 amide bonds. The average Bonchev–Trinajstić information content (AvgIpc) is 2.72. The van der Waals surface area contributed by atoms with Gasteiger partial charge in [-0.25, -0.2) is 4.79 Å². The van der Waals surface area contributed by atoms with Crippen molar-refractivity contribution in [2.45, 2.75) is 39.4 Å². The monoisotopic (exact) mass is 348 g/mol. The molecule has 25 heavy (non-hydrogen) atoms. The van der Waals surface area contributed by atoms with E-state index in [0.717, 1.165) is 16.7 Å². The van der Waals surface area contributed by atoms with Crippen molar-refractivity contribution in [3.8, 4) is 34.4 Å². The van der Waals surface area contributed by atoms with E-state index in [1.807, 2.05) is 18.2 Å². The predicted octanol–water partition coefficient (Wildman–Crippen LogP) is 4.93. The van der Waals surface area contributed by atoms with E-state index in [0.29, 0.717) is 11.5 Å². The van der Waals surface area contributed by atoms with E-state index in [1.54, 1.807) is 0 Å². The smallest absolute Gasteiger partial charge is 0.338 e. The van der Waals surface area contributed by atoms with Crippen molar-refractivity contribution in [1.82, 2.24) is 0 Å². The SMILES string of the molecule is COC(=O)c1cc(C#CC#C[Si](C)(C)C)c2cccc(C(C)C)cc1-2. The molecule has 0 spiro atoms. The van der Waals surface area contributed by atoms with Crippen molar-refractivity contribution >= 4 is 14.0 Å². The van der Waals surface area contributed by atoms with E-state index in [9.17, 15) is 4.79 Å². The molecule has 0 aromatic heterocycles. The van der Waals surface area contributed by atoms with Crippen LogP contribution >= 0.6 is 0 Å². The summed E-state index contributed by atoms with van der Waals surface area (Å²) in [7, 11) is -0.0374. The minimum absolute atomic E-state index is 0.341. The Hall–Kier alpha value is -2.49. The molecule has 0 aromatic rings. The largest absolute Gasteiger partial charge is 0.465 e. The van der Waals surface area contributed by atoms with Gasteiger partial charge in [0.25, 0.3) is 0 Å². The van der Waals surface area contributed by atoms with Crippen molar-refractivity contribution < 1.29 is 9.53 Å². The van der Waals surface area contributed by atoms with Crippen LogP contribution in [-0.4, -0.2) is 21.2 Å². The lowest BCUT2D eigenvalue weighted by Gasteiger charge is -2.04. The molecular weight excluding hydrogens is 324 g/mol. The van der Waals surface area contributed by atoms with Crippen LogP contribution in [0.1, 0.15) is 41.3 Å². The maximum absolute atomic E-state index is 12.2. The number of methoxy groups -OCH3 is 1. The van der Waals surface area contributed by atoms with Gasteiger partial charge in [-0.2, -0.15) is 0 Å². The van der Waals surface area contributed by atoms with E-state index >= 15 is 0 Å². The molecule has 0 radical (unpaired) electrons.